The van der Waals surface area contributed by atoms with Gasteiger partial charge in [0.05, 0.1) is 12.9 Å². The summed E-state index contributed by atoms with van der Waals surface area (Å²) in [6.45, 7) is 2.78. The van der Waals surface area contributed by atoms with Crippen LogP contribution >= 0.6 is 0 Å². The minimum Gasteiger partial charge on any atom is -0.501 e. The molecule has 0 amide bonds. The topological polar surface area (TPSA) is 18.5 Å². The van der Waals surface area contributed by atoms with Gasteiger partial charge in [-0.2, -0.15) is 0 Å². The average Bonchev–Trinajstić information content (AvgIpc) is 2.37. The van der Waals surface area contributed by atoms with E-state index in [2.05, 4.69) is 0 Å². The fraction of sp³-hybridized carbons (Fsp3) is 0.857. The molecule has 92 valence electrons. The third-order valence-electron chi connectivity index (χ3n) is 3.64. The van der Waals surface area contributed by atoms with E-state index in [0.717, 1.165) is 32.2 Å². The molecule has 1 aliphatic heterocycles. The molecule has 0 aromatic heterocycles. The van der Waals surface area contributed by atoms with Gasteiger partial charge in [-0.15, -0.1) is 0 Å². The van der Waals surface area contributed by atoms with Gasteiger partial charge in [0.1, 0.15) is 0 Å². The molecule has 1 saturated carbocycles. The average molecular weight is 224 g/mol. The highest BCUT2D eigenvalue weighted by Gasteiger charge is 2.13. The summed E-state index contributed by atoms with van der Waals surface area (Å²) in [5.74, 6) is 0.735. The van der Waals surface area contributed by atoms with Crippen molar-refractivity contribution >= 4 is 0 Å². The summed E-state index contributed by atoms with van der Waals surface area (Å²) < 4.78 is 11.1. The van der Waals surface area contributed by atoms with E-state index in [1.54, 1.807) is 0 Å². The van der Waals surface area contributed by atoms with Gasteiger partial charge in [0.15, 0.2) is 0 Å². The molecule has 1 atom stereocenters. The first-order valence-electron chi connectivity index (χ1n) is 6.82. The molecule has 2 heteroatoms. The quantitative estimate of drug-likeness (QED) is 0.536. The highest BCUT2D eigenvalue weighted by Crippen LogP contribution is 2.23. The molecular weight excluding hydrogens is 200 g/mol. The Hall–Kier alpha value is -0.500. The summed E-state index contributed by atoms with van der Waals surface area (Å²) in [6, 6.07) is 0. The molecular formula is C14H24O2. The minimum absolute atomic E-state index is 0.735. The lowest BCUT2D eigenvalue weighted by atomic mass is 9.96. The number of hydrogen-bond acceptors (Lipinski definition) is 2. The molecule has 1 aliphatic carbocycles. The summed E-state index contributed by atoms with van der Waals surface area (Å²) in [5, 5.41) is 0. The summed E-state index contributed by atoms with van der Waals surface area (Å²) in [4.78, 5) is 0. The number of ether oxygens (including phenoxy) is 2. The van der Waals surface area contributed by atoms with Crippen LogP contribution in [0.15, 0.2) is 11.8 Å². The molecule has 2 aliphatic rings. The third-order valence-corrected chi connectivity index (χ3v) is 3.64. The van der Waals surface area contributed by atoms with Crippen LogP contribution in [0, 0.1) is 5.92 Å². The lowest BCUT2D eigenvalue weighted by Crippen LogP contribution is -2.18. The maximum Gasteiger partial charge on any atom is 0.0876 e. The zero-order valence-electron chi connectivity index (χ0n) is 10.2. The molecule has 0 bridgehead atoms. The first-order valence-corrected chi connectivity index (χ1v) is 6.82. The summed E-state index contributed by atoms with van der Waals surface area (Å²) in [7, 11) is 0. The first-order chi connectivity index (χ1) is 7.95. The standard InChI is InChI=1S/C14H24O2/c1-2-5-13(6-3-1)11-16-10-8-14-7-4-9-15-12-14/h11,14H,1-10,12H2. The van der Waals surface area contributed by atoms with E-state index in [-0.39, 0.29) is 0 Å². The van der Waals surface area contributed by atoms with Crippen LogP contribution in [0.3, 0.4) is 0 Å². The lowest BCUT2D eigenvalue weighted by molar-refractivity contribution is 0.0433. The van der Waals surface area contributed by atoms with Gasteiger partial charge in [-0.05, 0) is 56.4 Å². The van der Waals surface area contributed by atoms with E-state index in [1.807, 2.05) is 6.26 Å². The van der Waals surface area contributed by atoms with E-state index in [9.17, 15) is 0 Å². The van der Waals surface area contributed by atoms with Crippen molar-refractivity contribution in [3.63, 3.8) is 0 Å². The Morgan fingerprint density at radius 3 is 2.81 bits per heavy atom. The van der Waals surface area contributed by atoms with E-state index in [1.165, 1.54) is 50.5 Å². The zero-order valence-corrected chi connectivity index (χ0v) is 10.2. The van der Waals surface area contributed by atoms with Crippen LogP contribution in [-0.4, -0.2) is 19.8 Å². The van der Waals surface area contributed by atoms with Crippen LogP contribution < -0.4 is 0 Å². The Morgan fingerprint density at radius 2 is 2.06 bits per heavy atom. The van der Waals surface area contributed by atoms with Gasteiger partial charge in [0, 0.05) is 13.2 Å². The van der Waals surface area contributed by atoms with Crippen molar-refractivity contribution in [2.45, 2.75) is 51.4 Å². The summed E-state index contributed by atoms with van der Waals surface area (Å²) in [6.07, 6.45) is 12.4. The molecule has 1 unspecified atom stereocenters. The fourth-order valence-corrected chi connectivity index (χ4v) is 2.57. The van der Waals surface area contributed by atoms with Gasteiger partial charge in [0.25, 0.3) is 0 Å². The van der Waals surface area contributed by atoms with Gasteiger partial charge in [-0.3, -0.25) is 0 Å². The lowest BCUT2D eigenvalue weighted by Gasteiger charge is -2.21. The van der Waals surface area contributed by atoms with Crippen molar-refractivity contribution in [2.24, 2.45) is 5.92 Å². The number of allylic oxidation sites excluding steroid dienone is 1. The maximum atomic E-state index is 5.66. The van der Waals surface area contributed by atoms with Gasteiger partial charge in [-0.25, -0.2) is 0 Å². The maximum absolute atomic E-state index is 5.66. The molecule has 0 N–H and O–H groups in total. The summed E-state index contributed by atoms with van der Waals surface area (Å²) >= 11 is 0. The SMILES string of the molecule is C(OCCC1CCCOC1)=C1CCCCC1. The predicted octanol–water partition coefficient (Wildman–Crippen LogP) is 3.67. The van der Waals surface area contributed by atoms with Crippen molar-refractivity contribution in [1.82, 2.24) is 0 Å². The van der Waals surface area contributed by atoms with Crippen molar-refractivity contribution in [3.05, 3.63) is 11.8 Å². The third kappa shape index (κ3) is 4.17. The zero-order chi connectivity index (χ0) is 11.1. The second kappa shape index (κ2) is 6.95. The Labute approximate surface area is 99.0 Å². The molecule has 2 rings (SSSR count). The highest BCUT2D eigenvalue weighted by atomic mass is 16.5. The molecule has 1 saturated heterocycles. The Balaban J connectivity index is 1.56. The Kier molecular flexibility index (Phi) is 5.20. The van der Waals surface area contributed by atoms with E-state index < -0.39 is 0 Å². The van der Waals surface area contributed by atoms with Crippen LogP contribution in [-0.2, 0) is 9.47 Å². The van der Waals surface area contributed by atoms with Crippen molar-refractivity contribution < 1.29 is 9.47 Å². The van der Waals surface area contributed by atoms with E-state index in [0.29, 0.717) is 0 Å². The highest BCUT2D eigenvalue weighted by molar-refractivity contribution is 5.00. The smallest absolute Gasteiger partial charge is 0.0876 e. The summed E-state index contributed by atoms with van der Waals surface area (Å²) in [5.41, 5.74) is 1.52. The first kappa shape index (κ1) is 12.0. The Morgan fingerprint density at radius 1 is 1.19 bits per heavy atom. The van der Waals surface area contributed by atoms with Crippen LogP contribution in [0.2, 0.25) is 0 Å². The van der Waals surface area contributed by atoms with E-state index >= 15 is 0 Å². The van der Waals surface area contributed by atoms with Crippen LogP contribution in [0.1, 0.15) is 51.4 Å². The van der Waals surface area contributed by atoms with Crippen molar-refractivity contribution in [2.75, 3.05) is 19.8 Å². The molecule has 0 aromatic rings. The van der Waals surface area contributed by atoms with Gasteiger partial charge >= 0.3 is 0 Å². The second-order valence-corrected chi connectivity index (χ2v) is 5.08. The molecule has 16 heavy (non-hydrogen) atoms. The van der Waals surface area contributed by atoms with Gasteiger partial charge < -0.3 is 9.47 Å². The molecule has 2 nitrogen and oxygen atoms in total. The van der Waals surface area contributed by atoms with Gasteiger partial charge in [0.2, 0.25) is 0 Å². The van der Waals surface area contributed by atoms with Crippen molar-refractivity contribution in [1.29, 1.82) is 0 Å². The molecule has 0 aromatic carbocycles. The number of hydrogen-bond donors (Lipinski definition) is 0. The minimum atomic E-state index is 0.735. The monoisotopic (exact) mass is 224 g/mol. The number of rotatable bonds is 4. The Bertz CT molecular complexity index is 209. The second-order valence-electron chi connectivity index (χ2n) is 5.08. The molecule has 0 spiro atoms. The van der Waals surface area contributed by atoms with Gasteiger partial charge in [-0.1, -0.05) is 6.42 Å². The predicted molar refractivity (Wildman–Crippen MR) is 65.3 cm³/mol. The van der Waals surface area contributed by atoms with E-state index in [4.69, 9.17) is 9.47 Å². The van der Waals surface area contributed by atoms with Crippen LogP contribution in [0.4, 0.5) is 0 Å². The fourth-order valence-electron chi connectivity index (χ4n) is 2.57. The molecule has 0 radical (unpaired) electrons. The van der Waals surface area contributed by atoms with Crippen LogP contribution in [0.5, 0.6) is 0 Å². The molecule has 1 heterocycles. The van der Waals surface area contributed by atoms with Crippen molar-refractivity contribution in [3.8, 4) is 0 Å². The molecule has 2 fully saturated rings. The normalized spacial score (nSPS) is 26.5. The largest absolute Gasteiger partial charge is 0.501 e. The van der Waals surface area contributed by atoms with Crippen LogP contribution in [0.25, 0.3) is 0 Å².